The van der Waals surface area contributed by atoms with Crippen LogP contribution in [0.5, 0.6) is 5.75 Å². The van der Waals surface area contributed by atoms with E-state index in [4.69, 9.17) is 11.6 Å². The number of hydrogen-bond donors (Lipinski definition) is 1. The van der Waals surface area contributed by atoms with E-state index in [0.29, 0.717) is 5.56 Å². The molecule has 31 heavy (non-hydrogen) atoms. The van der Waals surface area contributed by atoms with Gasteiger partial charge in [-0.05, 0) is 53.7 Å². The molecule has 2 aromatic rings. The number of carbonyl (C=O) groups is 3. The number of hydrogen-bond acceptors (Lipinski definition) is 5. The molecule has 0 radical (unpaired) electrons. The Kier molecular flexibility index (Phi) is 7.24. The van der Waals surface area contributed by atoms with Gasteiger partial charge in [-0.1, -0.05) is 23.7 Å². The van der Waals surface area contributed by atoms with Crippen LogP contribution >= 0.6 is 23.4 Å². The Morgan fingerprint density at radius 1 is 1.19 bits per heavy atom. The van der Waals surface area contributed by atoms with Gasteiger partial charge >= 0.3 is 6.61 Å². The van der Waals surface area contributed by atoms with Crippen LogP contribution in [-0.4, -0.2) is 41.7 Å². The minimum atomic E-state index is -2.94. The van der Waals surface area contributed by atoms with Crippen LogP contribution in [0, 0.1) is 5.82 Å². The first-order valence-electron chi connectivity index (χ1n) is 8.78. The highest BCUT2D eigenvalue weighted by atomic mass is 35.5. The first kappa shape index (κ1) is 22.7. The first-order valence-corrected chi connectivity index (χ1v) is 9.97. The summed E-state index contributed by atoms with van der Waals surface area (Å²) in [5.41, 5.74) is 0.586. The summed E-state index contributed by atoms with van der Waals surface area (Å²) in [7, 11) is 0. The Balaban J connectivity index is 1.58. The van der Waals surface area contributed by atoms with E-state index in [9.17, 15) is 27.6 Å². The van der Waals surface area contributed by atoms with Crippen LogP contribution < -0.4 is 10.1 Å². The Bertz CT molecular complexity index is 1050. The van der Waals surface area contributed by atoms with Crippen molar-refractivity contribution < 1.29 is 32.3 Å². The number of halogens is 4. The smallest absolute Gasteiger partial charge is 0.387 e. The lowest BCUT2D eigenvalue weighted by atomic mass is 10.2. The SMILES string of the molecule is O=C(NCCN1C(=O)SC(=Cc2ccc(OC(F)F)cc2)C1=O)c1ccc(F)cc1Cl. The third-order valence-electron chi connectivity index (χ3n) is 4.07. The molecule has 1 saturated heterocycles. The highest BCUT2D eigenvalue weighted by Crippen LogP contribution is 2.32. The average Bonchev–Trinajstić information content (AvgIpc) is 2.96. The van der Waals surface area contributed by atoms with E-state index in [1.165, 1.54) is 36.4 Å². The summed E-state index contributed by atoms with van der Waals surface area (Å²) in [5.74, 6) is -1.73. The van der Waals surface area contributed by atoms with Crippen molar-refractivity contribution in [2.75, 3.05) is 13.1 Å². The van der Waals surface area contributed by atoms with Crippen LogP contribution in [0.2, 0.25) is 5.02 Å². The zero-order valence-corrected chi connectivity index (χ0v) is 17.2. The maximum atomic E-state index is 13.1. The molecule has 0 atom stereocenters. The van der Waals surface area contributed by atoms with E-state index in [2.05, 4.69) is 10.1 Å². The van der Waals surface area contributed by atoms with E-state index in [1.54, 1.807) is 0 Å². The van der Waals surface area contributed by atoms with Crippen molar-refractivity contribution in [1.82, 2.24) is 10.2 Å². The molecule has 2 aromatic carbocycles. The van der Waals surface area contributed by atoms with E-state index in [1.807, 2.05) is 0 Å². The van der Waals surface area contributed by atoms with Gasteiger partial charge in [0.2, 0.25) is 0 Å². The number of thioether (sulfide) groups is 1. The summed E-state index contributed by atoms with van der Waals surface area (Å²) in [5, 5.41) is 1.95. The van der Waals surface area contributed by atoms with Crippen molar-refractivity contribution in [2.24, 2.45) is 0 Å². The van der Waals surface area contributed by atoms with Crippen molar-refractivity contribution >= 4 is 46.5 Å². The monoisotopic (exact) mass is 470 g/mol. The molecule has 1 aliphatic rings. The average molecular weight is 471 g/mol. The molecule has 1 N–H and O–H groups in total. The van der Waals surface area contributed by atoms with Crippen LogP contribution in [0.25, 0.3) is 6.08 Å². The van der Waals surface area contributed by atoms with E-state index >= 15 is 0 Å². The zero-order chi connectivity index (χ0) is 22.5. The second kappa shape index (κ2) is 9.88. The molecule has 3 amide bonds. The fraction of sp³-hybridized carbons (Fsp3) is 0.150. The number of benzene rings is 2. The van der Waals surface area contributed by atoms with E-state index in [0.717, 1.165) is 28.8 Å². The predicted octanol–water partition coefficient (Wildman–Crippen LogP) is 4.55. The number of ether oxygens (including phenoxy) is 1. The fourth-order valence-electron chi connectivity index (χ4n) is 2.64. The van der Waals surface area contributed by atoms with Gasteiger partial charge < -0.3 is 10.1 Å². The summed E-state index contributed by atoms with van der Waals surface area (Å²) in [6.07, 6.45) is 1.45. The van der Waals surface area contributed by atoms with Gasteiger partial charge in [-0.3, -0.25) is 19.3 Å². The number of nitrogens with one attached hydrogen (secondary N) is 1. The van der Waals surface area contributed by atoms with Crippen LogP contribution in [0.4, 0.5) is 18.0 Å². The van der Waals surface area contributed by atoms with Gasteiger partial charge in [0.1, 0.15) is 11.6 Å². The molecule has 11 heteroatoms. The highest BCUT2D eigenvalue weighted by Gasteiger charge is 2.34. The third kappa shape index (κ3) is 5.80. The lowest BCUT2D eigenvalue weighted by Crippen LogP contribution is -2.37. The normalized spacial score (nSPS) is 15.1. The van der Waals surface area contributed by atoms with Crippen LogP contribution in [-0.2, 0) is 4.79 Å². The molecule has 0 unspecified atom stereocenters. The zero-order valence-electron chi connectivity index (χ0n) is 15.6. The molecule has 1 aliphatic heterocycles. The maximum absolute atomic E-state index is 13.1. The lowest BCUT2D eigenvalue weighted by Gasteiger charge is -2.13. The molecular formula is C20H14ClF3N2O4S. The highest BCUT2D eigenvalue weighted by molar-refractivity contribution is 8.18. The van der Waals surface area contributed by atoms with Crippen LogP contribution in [0.3, 0.4) is 0 Å². The number of carbonyl (C=O) groups excluding carboxylic acids is 3. The van der Waals surface area contributed by atoms with E-state index in [-0.39, 0.29) is 34.3 Å². The Labute approximate surface area is 184 Å². The van der Waals surface area contributed by atoms with E-state index < -0.39 is 29.5 Å². The van der Waals surface area contributed by atoms with Crippen LogP contribution in [0.1, 0.15) is 15.9 Å². The lowest BCUT2D eigenvalue weighted by molar-refractivity contribution is -0.122. The molecule has 6 nitrogen and oxygen atoms in total. The predicted molar refractivity (Wildman–Crippen MR) is 109 cm³/mol. The first-order chi connectivity index (χ1) is 14.7. The Morgan fingerprint density at radius 3 is 2.55 bits per heavy atom. The number of amides is 3. The van der Waals surface area contributed by atoms with Crippen molar-refractivity contribution in [3.05, 3.63) is 69.3 Å². The summed E-state index contributed by atoms with van der Waals surface area (Å²) in [6.45, 7) is -3.05. The second-order valence-electron chi connectivity index (χ2n) is 6.16. The minimum absolute atomic E-state index is 0.0302. The van der Waals surface area contributed by atoms with Gasteiger partial charge in [-0.15, -0.1) is 0 Å². The van der Waals surface area contributed by atoms with Crippen molar-refractivity contribution in [3.63, 3.8) is 0 Å². The maximum Gasteiger partial charge on any atom is 0.387 e. The number of nitrogens with zero attached hydrogens (tertiary/aromatic N) is 1. The van der Waals surface area contributed by atoms with Gasteiger partial charge in [0.25, 0.3) is 17.1 Å². The quantitative estimate of drug-likeness (QED) is 0.601. The largest absolute Gasteiger partial charge is 0.435 e. The minimum Gasteiger partial charge on any atom is -0.435 e. The molecule has 3 rings (SSSR count). The summed E-state index contributed by atoms with van der Waals surface area (Å²) < 4.78 is 41.7. The van der Waals surface area contributed by atoms with Gasteiger partial charge in [-0.2, -0.15) is 8.78 Å². The standard InChI is InChI=1S/C20H14ClF3N2O4S/c21-15-10-12(22)3-6-14(15)17(27)25-7-8-26-18(28)16(31-20(26)29)9-11-1-4-13(5-2-11)30-19(23)24/h1-6,9-10,19H,7-8H2,(H,25,27). The molecule has 0 saturated carbocycles. The number of rotatable bonds is 7. The third-order valence-corrected chi connectivity index (χ3v) is 5.29. The van der Waals surface area contributed by atoms with Crippen molar-refractivity contribution in [2.45, 2.75) is 6.61 Å². The summed E-state index contributed by atoms with van der Waals surface area (Å²) >= 11 is 6.55. The van der Waals surface area contributed by atoms with Gasteiger partial charge in [-0.25, -0.2) is 4.39 Å². The molecule has 0 spiro atoms. The fourth-order valence-corrected chi connectivity index (χ4v) is 3.76. The topological polar surface area (TPSA) is 75.7 Å². The summed E-state index contributed by atoms with van der Waals surface area (Å²) in [4.78, 5) is 37.9. The molecule has 1 heterocycles. The van der Waals surface area contributed by atoms with Gasteiger partial charge in [0.05, 0.1) is 15.5 Å². The molecule has 0 bridgehead atoms. The molecule has 0 aromatic heterocycles. The molecular weight excluding hydrogens is 457 g/mol. The Hall–Kier alpha value is -2.98. The Morgan fingerprint density at radius 2 is 1.90 bits per heavy atom. The van der Waals surface area contributed by atoms with Crippen LogP contribution in [0.15, 0.2) is 47.4 Å². The number of imide groups is 1. The van der Waals surface area contributed by atoms with Crippen molar-refractivity contribution in [3.8, 4) is 5.75 Å². The van der Waals surface area contributed by atoms with Crippen molar-refractivity contribution in [1.29, 1.82) is 0 Å². The number of alkyl halides is 2. The van der Waals surface area contributed by atoms with Gasteiger partial charge in [0, 0.05) is 13.1 Å². The molecule has 1 fully saturated rings. The van der Waals surface area contributed by atoms with Gasteiger partial charge in [0.15, 0.2) is 0 Å². The molecule has 162 valence electrons. The summed E-state index contributed by atoms with van der Waals surface area (Å²) in [6, 6.07) is 8.90. The molecule has 0 aliphatic carbocycles. The second-order valence-corrected chi connectivity index (χ2v) is 7.56.